The molecule has 11 heteroatoms. The normalized spacial score (nSPS) is 15.0. The summed E-state index contributed by atoms with van der Waals surface area (Å²) in [4.78, 5) is 12.0. The second-order valence-corrected chi connectivity index (χ2v) is 7.95. The van der Waals surface area contributed by atoms with Crippen LogP contribution in [-0.4, -0.2) is 25.1 Å². The second kappa shape index (κ2) is 8.60. The first-order chi connectivity index (χ1) is 10.2. The van der Waals surface area contributed by atoms with E-state index in [0.29, 0.717) is 5.02 Å². The summed E-state index contributed by atoms with van der Waals surface area (Å²) >= 11 is 23.4. The molecule has 0 saturated carbocycles. The maximum absolute atomic E-state index is 12.4. The van der Waals surface area contributed by atoms with Gasteiger partial charge < -0.3 is 14.6 Å². The number of hydrogen-bond donors (Lipinski definition) is 2. The van der Waals surface area contributed by atoms with Crippen LogP contribution in [0.1, 0.15) is 6.92 Å². The Balaban J connectivity index is 2.92. The Bertz CT molecular complexity index is 578. The van der Waals surface area contributed by atoms with Crippen molar-refractivity contribution in [3.05, 3.63) is 27.2 Å². The third-order valence-corrected chi connectivity index (χ3v) is 5.95. The summed E-state index contributed by atoms with van der Waals surface area (Å²) in [6.07, 6.45) is 0. The molecule has 124 valence electrons. The first kappa shape index (κ1) is 19.8. The van der Waals surface area contributed by atoms with Crippen molar-refractivity contribution in [2.75, 3.05) is 19.0 Å². The quantitative estimate of drug-likeness (QED) is 0.502. The molecule has 0 aromatic heterocycles. The summed E-state index contributed by atoms with van der Waals surface area (Å²) in [5.74, 6) is 0. The zero-order valence-corrected chi connectivity index (χ0v) is 15.4. The van der Waals surface area contributed by atoms with E-state index in [1.165, 1.54) is 19.2 Å². The van der Waals surface area contributed by atoms with Crippen LogP contribution in [0.25, 0.3) is 0 Å². The molecule has 0 saturated heterocycles. The van der Waals surface area contributed by atoms with Crippen LogP contribution in [0.5, 0.6) is 0 Å². The van der Waals surface area contributed by atoms with Gasteiger partial charge in [0.05, 0.1) is 22.3 Å². The van der Waals surface area contributed by atoms with E-state index < -0.39 is 18.9 Å². The third kappa shape index (κ3) is 5.17. The van der Waals surface area contributed by atoms with Gasteiger partial charge in [0.2, 0.25) is 5.30 Å². The van der Waals surface area contributed by atoms with E-state index in [1.54, 1.807) is 6.92 Å². The Morgan fingerprint density at radius 1 is 1.32 bits per heavy atom. The summed E-state index contributed by atoms with van der Waals surface area (Å²) in [5, 5.41) is 3.70. The average Bonchev–Trinajstić information content (AvgIpc) is 2.42. The van der Waals surface area contributed by atoms with Crippen molar-refractivity contribution >= 4 is 65.6 Å². The van der Waals surface area contributed by atoms with E-state index in [2.05, 4.69) is 10.4 Å². The average molecular weight is 410 g/mol. The molecule has 22 heavy (non-hydrogen) atoms. The van der Waals surface area contributed by atoms with Crippen LogP contribution in [0.2, 0.25) is 15.1 Å². The number of carbonyl (C=O) groups excluding carboxylic acids is 1. The van der Waals surface area contributed by atoms with Crippen LogP contribution in [0.15, 0.2) is 12.1 Å². The van der Waals surface area contributed by atoms with Gasteiger partial charge in [0.15, 0.2) is 0 Å². The Morgan fingerprint density at radius 3 is 2.32 bits per heavy atom. The number of ether oxygens (including phenoxy) is 1. The van der Waals surface area contributed by atoms with Crippen molar-refractivity contribution in [2.45, 2.75) is 12.2 Å². The predicted molar refractivity (Wildman–Crippen MR) is 89.5 cm³/mol. The van der Waals surface area contributed by atoms with Gasteiger partial charge >= 0.3 is 13.6 Å². The van der Waals surface area contributed by atoms with Crippen LogP contribution < -0.4 is 10.4 Å². The molecule has 1 rings (SSSR count). The molecule has 0 bridgehead atoms. The molecule has 6 nitrogen and oxygen atoms in total. The number of methoxy groups -OCH3 is 1. The molecule has 0 fully saturated rings. The second-order valence-electron chi connectivity index (χ2n) is 3.85. The van der Waals surface area contributed by atoms with Crippen LogP contribution in [0, 0.1) is 0 Å². The van der Waals surface area contributed by atoms with Gasteiger partial charge in [-0.3, -0.25) is 9.65 Å². The van der Waals surface area contributed by atoms with E-state index in [1.807, 2.05) is 0 Å². The first-order valence-electron chi connectivity index (χ1n) is 5.88. The van der Waals surface area contributed by atoms with Gasteiger partial charge in [-0.25, -0.2) is 4.79 Å². The SMILES string of the molecule is CCOP(=O)(NC(=O)Nc1c(Cl)cc(Cl)cc1Cl)C(Cl)OC. The van der Waals surface area contributed by atoms with Gasteiger partial charge in [-0.1, -0.05) is 46.4 Å². The molecule has 1 aromatic rings. The van der Waals surface area contributed by atoms with E-state index in [9.17, 15) is 9.36 Å². The van der Waals surface area contributed by atoms with Gasteiger partial charge in [-0.15, -0.1) is 0 Å². The van der Waals surface area contributed by atoms with Crippen molar-refractivity contribution in [1.29, 1.82) is 0 Å². The number of alkyl halides is 1. The van der Waals surface area contributed by atoms with Crippen LogP contribution in [0.4, 0.5) is 10.5 Å². The minimum atomic E-state index is -3.77. The molecule has 0 radical (unpaired) electrons. The fraction of sp³-hybridized carbons (Fsp3) is 0.364. The molecular formula is C11H13Cl4N2O4P. The molecule has 0 aliphatic carbocycles. The fourth-order valence-electron chi connectivity index (χ4n) is 1.42. The highest BCUT2D eigenvalue weighted by molar-refractivity contribution is 7.60. The van der Waals surface area contributed by atoms with Gasteiger partial charge in [-0.2, -0.15) is 0 Å². The largest absolute Gasteiger partial charge is 0.355 e. The standard InChI is InChI=1S/C11H13Cl4N2O4P/c1-3-21-22(19,10(15)20-2)17-11(18)16-9-7(13)4-6(12)5-8(9)14/h4-5,10H,3H2,1-2H3,(H2,16,17,18,19). The lowest BCUT2D eigenvalue weighted by Gasteiger charge is -2.22. The summed E-state index contributed by atoms with van der Waals surface area (Å²) in [5.41, 5.74) is 0.108. The lowest BCUT2D eigenvalue weighted by molar-refractivity contribution is 0.192. The van der Waals surface area contributed by atoms with Crippen molar-refractivity contribution in [3.8, 4) is 0 Å². The maximum atomic E-state index is 12.4. The molecule has 2 amide bonds. The smallest absolute Gasteiger partial charge is 0.340 e. The highest BCUT2D eigenvalue weighted by Gasteiger charge is 2.35. The molecule has 1 aromatic carbocycles. The Kier molecular flexibility index (Phi) is 7.75. The van der Waals surface area contributed by atoms with Gasteiger partial charge in [-0.05, 0) is 19.1 Å². The number of carbonyl (C=O) groups is 1. The zero-order valence-electron chi connectivity index (χ0n) is 11.5. The summed E-state index contributed by atoms with van der Waals surface area (Å²) in [7, 11) is -2.54. The van der Waals surface area contributed by atoms with Crippen molar-refractivity contribution < 1.29 is 18.6 Å². The number of anilines is 1. The highest BCUT2D eigenvalue weighted by atomic mass is 35.5. The van der Waals surface area contributed by atoms with Gasteiger partial charge in [0.1, 0.15) is 0 Å². The number of hydrogen-bond acceptors (Lipinski definition) is 4. The molecule has 2 unspecified atom stereocenters. The van der Waals surface area contributed by atoms with Crippen molar-refractivity contribution in [1.82, 2.24) is 5.09 Å². The van der Waals surface area contributed by atoms with E-state index in [4.69, 9.17) is 55.7 Å². The fourth-order valence-corrected chi connectivity index (χ4v) is 3.93. The van der Waals surface area contributed by atoms with Gasteiger partial charge in [0, 0.05) is 12.1 Å². The number of rotatable bonds is 6. The first-order valence-corrected chi connectivity index (χ1v) is 9.14. The van der Waals surface area contributed by atoms with E-state index in [0.717, 1.165) is 0 Å². The monoisotopic (exact) mass is 408 g/mol. The molecule has 0 spiro atoms. The van der Waals surface area contributed by atoms with Gasteiger partial charge in [0.25, 0.3) is 0 Å². The Labute approximate surface area is 147 Å². The molecule has 2 N–H and O–H groups in total. The lowest BCUT2D eigenvalue weighted by Crippen LogP contribution is -2.30. The molecular weight excluding hydrogens is 397 g/mol. The minimum absolute atomic E-state index is 0.0621. The summed E-state index contributed by atoms with van der Waals surface area (Å²) in [6.45, 7) is 1.66. The van der Waals surface area contributed by atoms with E-state index >= 15 is 0 Å². The number of amides is 2. The third-order valence-electron chi connectivity index (χ3n) is 2.29. The Hall–Kier alpha value is -0.200. The van der Waals surface area contributed by atoms with Crippen molar-refractivity contribution in [3.63, 3.8) is 0 Å². The number of nitrogens with one attached hydrogen (secondary N) is 2. The summed E-state index contributed by atoms with van der Waals surface area (Å²) < 4.78 is 22.2. The van der Waals surface area contributed by atoms with Crippen molar-refractivity contribution in [2.24, 2.45) is 0 Å². The highest BCUT2D eigenvalue weighted by Crippen LogP contribution is 2.50. The molecule has 0 aliphatic heterocycles. The summed E-state index contributed by atoms with van der Waals surface area (Å²) in [6, 6.07) is 1.92. The molecule has 0 aliphatic rings. The van der Waals surface area contributed by atoms with E-state index in [-0.39, 0.29) is 22.3 Å². The zero-order chi connectivity index (χ0) is 16.9. The predicted octanol–water partition coefficient (Wildman–Crippen LogP) is 5.17. The number of urea groups is 1. The lowest BCUT2D eigenvalue weighted by atomic mass is 10.3. The van der Waals surface area contributed by atoms with Crippen LogP contribution >= 0.6 is 53.9 Å². The number of benzene rings is 1. The number of halogens is 4. The van der Waals surface area contributed by atoms with Crippen LogP contribution in [-0.2, 0) is 13.8 Å². The minimum Gasteiger partial charge on any atom is -0.355 e. The molecule has 0 heterocycles. The van der Waals surface area contributed by atoms with Crippen LogP contribution in [0.3, 0.4) is 0 Å². The maximum Gasteiger partial charge on any atom is 0.340 e. The molecule has 2 atom stereocenters. The topological polar surface area (TPSA) is 76.7 Å². The Morgan fingerprint density at radius 2 is 1.86 bits per heavy atom.